The van der Waals surface area contributed by atoms with Crippen molar-refractivity contribution in [2.45, 2.75) is 37.7 Å². The lowest BCUT2D eigenvalue weighted by molar-refractivity contribution is -0.128. The van der Waals surface area contributed by atoms with Crippen LogP contribution in [0.2, 0.25) is 5.02 Å². The van der Waals surface area contributed by atoms with Crippen LogP contribution in [0.4, 0.5) is 5.82 Å². The minimum absolute atomic E-state index is 0.0345. The number of carbonyl (C=O) groups is 1. The Morgan fingerprint density at radius 2 is 2.14 bits per heavy atom. The topological polar surface area (TPSA) is 65.5 Å². The normalized spacial score (nSPS) is 21.3. The molecule has 22 heavy (non-hydrogen) atoms. The van der Waals surface area contributed by atoms with E-state index in [4.69, 9.17) is 11.6 Å². The van der Waals surface area contributed by atoms with Gasteiger partial charge in [-0.25, -0.2) is 4.98 Å². The summed E-state index contributed by atoms with van der Waals surface area (Å²) in [5, 5.41) is 13.6. The van der Waals surface area contributed by atoms with Gasteiger partial charge in [-0.15, -0.1) is 0 Å². The van der Waals surface area contributed by atoms with E-state index in [1.807, 2.05) is 12.1 Å². The summed E-state index contributed by atoms with van der Waals surface area (Å²) in [6.07, 6.45) is 5.93. The zero-order valence-corrected chi connectivity index (χ0v) is 13.4. The highest BCUT2D eigenvalue weighted by Crippen LogP contribution is 2.31. The third kappa shape index (κ3) is 3.52. The fourth-order valence-electron chi connectivity index (χ4n) is 3.08. The Morgan fingerprint density at radius 1 is 1.41 bits per heavy atom. The van der Waals surface area contributed by atoms with Crippen LogP contribution < -0.4 is 10.2 Å². The number of anilines is 1. The van der Waals surface area contributed by atoms with Crippen molar-refractivity contribution in [3.8, 4) is 0 Å². The molecule has 6 heteroatoms. The standard InChI is InChI=1S/C16H22ClN3O2/c17-13-2-3-14(18-10-13)20-8-4-12(5-9-20)15(21)19-11-16(22)6-1-7-16/h2-3,10,12,22H,1,4-9,11H2,(H,19,21). The second kappa shape index (κ2) is 6.42. The molecule has 2 aliphatic rings. The maximum atomic E-state index is 12.2. The monoisotopic (exact) mass is 323 g/mol. The Balaban J connectivity index is 1.46. The van der Waals surface area contributed by atoms with Gasteiger partial charge in [0.05, 0.1) is 10.6 Å². The molecular weight excluding hydrogens is 302 g/mol. The van der Waals surface area contributed by atoms with E-state index in [9.17, 15) is 9.90 Å². The number of nitrogens with one attached hydrogen (secondary N) is 1. The van der Waals surface area contributed by atoms with Gasteiger partial charge in [-0.3, -0.25) is 4.79 Å². The lowest BCUT2D eigenvalue weighted by Crippen LogP contribution is -2.50. The van der Waals surface area contributed by atoms with Crippen molar-refractivity contribution in [1.82, 2.24) is 10.3 Å². The van der Waals surface area contributed by atoms with Gasteiger partial charge in [-0.05, 0) is 44.2 Å². The number of halogens is 1. The van der Waals surface area contributed by atoms with Crippen molar-refractivity contribution in [3.63, 3.8) is 0 Å². The second-order valence-electron chi connectivity index (χ2n) is 6.39. The third-order valence-electron chi connectivity index (χ3n) is 4.78. The maximum Gasteiger partial charge on any atom is 0.223 e. The molecule has 1 aromatic heterocycles. The van der Waals surface area contributed by atoms with Crippen LogP contribution in [0.25, 0.3) is 0 Å². The van der Waals surface area contributed by atoms with Crippen LogP contribution in [0.1, 0.15) is 32.1 Å². The van der Waals surface area contributed by atoms with Gasteiger partial charge >= 0.3 is 0 Å². The number of hydrogen-bond donors (Lipinski definition) is 2. The van der Waals surface area contributed by atoms with Crippen LogP contribution in [0.5, 0.6) is 0 Å². The molecule has 1 saturated heterocycles. The van der Waals surface area contributed by atoms with Crippen molar-refractivity contribution < 1.29 is 9.90 Å². The number of hydrogen-bond acceptors (Lipinski definition) is 4. The molecule has 2 fully saturated rings. The van der Waals surface area contributed by atoms with Crippen molar-refractivity contribution in [3.05, 3.63) is 23.4 Å². The van der Waals surface area contributed by atoms with Crippen LogP contribution in [0.15, 0.2) is 18.3 Å². The first-order valence-electron chi connectivity index (χ1n) is 7.92. The molecule has 0 unspecified atom stereocenters. The van der Waals surface area contributed by atoms with E-state index < -0.39 is 5.60 Å². The maximum absolute atomic E-state index is 12.2. The minimum Gasteiger partial charge on any atom is -0.388 e. The molecule has 1 aliphatic carbocycles. The summed E-state index contributed by atoms with van der Waals surface area (Å²) in [7, 11) is 0. The molecule has 0 radical (unpaired) electrons. The van der Waals surface area contributed by atoms with Gasteiger partial charge in [0.15, 0.2) is 0 Å². The summed E-state index contributed by atoms with van der Waals surface area (Å²) in [5.41, 5.74) is -0.649. The van der Waals surface area contributed by atoms with Crippen LogP contribution in [0.3, 0.4) is 0 Å². The Labute approximate surface area is 135 Å². The van der Waals surface area contributed by atoms with E-state index in [1.165, 1.54) is 0 Å². The first-order chi connectivity index (χ1) is 10.6. The predicted octanol–water partition coefficient (Wildman–Crippen LogP) is 1.98. The number of aliphatic hydroxyl groups is 1. The Morgan fingerprint density at radius 3 is 2.68 bits per heavy atom. The molecular formula is C16H22ClN3O2. The summed E-state index contributed by atoms with van der Waals surface area (Å²) >= 11 is 5.85. The Kier molecular flexibility index (Phi) is 4.54. The largest absolute Gasteiger partial charge is 0.388 e. The van der Waals surface area contributed by atoms with Crippen LogP contribution in [0, 0.1) is 5.92 Å². The van der Waals surface area contributed by atoms with Crippen molar-refractivity contribution in [2.24, 2.45) is 5.92 Å². The van der Waals surface area contributed by atoms with Gasteiger partial charge in [0.1, 0.15) is 5.82 Å². The van der Waals surface area contributed by atoms with E-state index in [-0.39, 0.29) is 11.8 Å². The van der Waals surface area contributed by atoms with Crippen LogP contribution in [-0.2, 0) is 4.79 Å². The number of amides is 1. The van der Waals surface area contributed by atoms with Crippen molar-refractivity contribution in [1.29, 1.82) is 0 Å². The zero-order valence-electron chi connectivity index (χ0n) is 12.6. The molecule has 120 valence electrons. The summed E-state index contributed by atoms with van der Waals surface area (Å²) in [6.45, 7) is 2.03. The first-order valence-corrected chi connectivity index (χ1v) is 8.30. The number of rotatable bonds is 4. The lowest BCUT2D eigenvalue weighted by Gasteiger charge is -2.37. The van der Waals surface area contributed by atoms with Gasteiger partial charge in [0.25, 0.3) is 0 Å². The summed E-state index contributed by atoms with van der Waals surface area (Å²) in [6, 6.07) is 3.75. The van der Waals surface area contributed by atoms with Gasteiger partial charge in [0, 0.05) is 31.7 Å². The highest BCUT2D eigenvalue weighted by molar-refractivity contribution is 6.30. The Hall–Kier alpha value is -1.33. The number of pyridine rings is 1. The molecule has 0 atom stereocenters. The molecule has 2 N–H and O–H groups in total. The first kappa shape index (κ1) is 15.6. The molecule has 0 aromatic carbocycles. The van der Waals surface area contributed by atoms with E-state index in [0.717, 1.165) is 51.0 Å². The molecule has 0 spiro atoms. The van der Waals surface area contributed by atoms with Gasteiger partial charge in [-0.1, -0.05) is 11.6 Å². The summed E-state index contributed by atoms with van der Waals surface area (Å²) in [4.78, 5) is 18.7. The molecule has 1 saturated carbocycles. The number of carbonyl (C=O) groups excluding carboxylic acids is 1. The molecule has 1 aromatic rings. The van der Waals surface area contributed by atoms with Crippen LogP contribution in [-0.4, -0.2) is 41.2 Å². The van der Waals surface area contributed by atoms with Gasteiger partial charge in [0.2, 0.25) is 5.91 Å². The van der Waals surface area contributed by atoms with E-state index in [1.54, 1.807) is 6.20 Å². The van der Waals surface area contributed by atoms with E-state index >= 15 is 0 Å². The summed E-state index contributed by atoms with van der Waals surface area (Å²) in [5.74, 6) is 1.02. The highest BCUT2D eigenvalue weighted by Gasteiger charge is 2.35. The highest BCUT2D eigenvalue weighted by atomic mass is 35.5. The second-order valence-corrected chi connectivity index (χ2v) is 6.83. The summed E-state index contributed by atoms with van der Waals surface area (Å²) < 4.78 is 0. The van der Waals surface area contributed by atoms with E-state index in [2.05, 4.69) is 15.2 Å². The SMILES string of the molecule is O=C(NCC1(O)CCC1)C1CCN(c2ccc(Cl)cn2)CC1. The van der Waals surface area contributed by atoms with Crippen molar-refractivity contribution in [2.75, 3.05) is 24.5 Å². The molecule has 1 amide bonds. The lowest BCUT2D eigenvalue weighted by atomic mass is 9.80. The molecule has 1 aliphatic heterocycles. The fraction of sp³-hybridized carbons (Fsp3) is 0.625. The smallest absolute Gasteiger partial charge is 0.223 e. The van der Waals surface area contributed by atoms with Crippen LogP contribution >= 0.6 is 11.6 Å². The Bertz CT molecular complexity index is 523. The molecule has 3 rings (SSSR count). The number of piperidine rings is 1. The minimum atomic E-state index is -0.649. The predicted molar refractivity (Wildman–Crippen MR) is 86.0 cm³/mol. The van der Waals surface area contributed by atoms with Gasteiger partial charge in [-0.2, -0.15) is 0 Å². The molecule has 5 nitrogen and oxygen atoms in total. The zero-order chi connectivity index (χ0) is 15.6. The number of nitrogens with zero attached hydrogens (tertiary/aromatic N) is 2. The average Bonchev–Trinajstić information content (AvgIpc) is 2.52. The molecule has 0 bridgehead atoms. The van der Waals surface area contributed by atoms with Gasteiger partial charge < -0.3 is 15.3 Å². The van der Waals surface area contributed by atoms with E-state index in [0.29, 0.717) is 11.6 Å². The number of aromatic nitrogens is 1. The third-order valence-corrected chi connectivity index (χ3v) is 5.00. The quantitative estimate of drug-likeness (QED) is 0.889. The fourth-order valence-corrected chi connectivity index (χ4v) is 3.20. The average molecular weight is 324 g/mol. The van der Waals surface area contributed by atoms with Crippen molar-refractivity contribution >= 4 is 23.3 Å². The molecule has 2 heterocycles.